The summed E-state index contributed by atoms with van der Waals surface area (Å²) in [6.45, 7) is 22.5. The van der Waals surface area contributed by atoms with Crippen LogP contribution in [0.4, 0.5) is 0 Å². The highest BCUT2D eigenvalue weighted by atomic mass is 16.6. The van der Waals surface area contributed by atoms with E-state index in [2.05, 4.69) is 76.8 Å². The van der Waals surface area contributed by atoms with Crippen LogP contribution in [0.2, 0.25) is 0 Å². The molecule has 0 aromatic heterocycles. The third kappa shape index (κ3) is 16.7. The van der Waals surface area contributed by atoms with E-state index < -0.39 is 0 Å². The first-order valence-corrected chi connectivity index (χ1v) is 27.3. The monoisotopic (exact) mass is 864 g/mol. The van der Waals surface area contributed by atoms with Crippen LogP contribution in [0.5, 0.6) is 0 Å². The molecule has 0 N–H and O–H groups in total. The van der Waals surface area contributed by atoms with Crippen molar-refractivity contribution in [3.63, 3.8) is 0 Å². The summed E-state index contributed by atoms with van der Waals surface area (Å²) in [5.74, 6) is 5.37. The topological polar surface area (TPSA) is 40.2 Å². The standard InChI is InChI=1S/C57H101NO4/c1-7-8-9-10-11-12-13-14-15-16-17-18-19-20-21-25-39-60-46-51(45-58-37-23-22-24-38-58)62-43-41-59-40-42-61-50-33-35-56(5)49(44-50)29-30-52-54-32-31-53(48(4)28-26-27-47(2)3)57(54,6)36-34-55(52)56/h11-12,14-15,29,47-48,50-55H,7-10,13,16-28,30-46H2,1-6H3. The molecule has 1 heterocycles. The van der Waals surface area contributed by atoms with Crippen molar-refractivity contribution in [2.24, 2.45) is 46.3 Å². The van der Waals surface area contributed by atoms with E-state index in [1.165, 1.54) is 161 Å². The maximum absolute atomic E-state index is 6.52. The molecule has 1 saturated heterocycles. The first-order valence-electron chi connectivity index (χ1n) is 27.3. The van der Waals surface area contributed by atoms with Gasteiger partial charge in [-0.25, -0.2) is 0 Å². The molecule has 4 fully saturated rings. The summed E-state index contributed by atoms with van der Waals surface area (Å²) in [4.78, 5) is 2.58. The van der Waals surface area contributed by atoms with Gasteiger partial charge in [-0.3, -0.25) is 0 Å². The summed E-state index contributed by atoms with van der Waals surface area (Å²) in [5, 5.41) is 0. The van der Waals surface area contributed by atoms with Crippen LogP contribution in [0.3, 0.4) is 0 Å². The SMILES string of the molecule is CCCCCC=CCC=CCCCCCCCCOCC(CN1CCCCC1)OCCOCCOC1CCC2(C)C(=CCC3C2CCC2(C)C(C(C)CCCC(C)C)CCC32)C1. The molecule has 0 radical (unpaired) electrons. The summed E-state index contributed by atoms with van der Waals surface area (Å²) < 4.78 is 25.2. The Morgan fingerprint density at radius 1 is 0.710 bits per heavy atom. The Morgan fingerprint density at radius 2 is 1.45 bits per heavy atom. The van der Waals surface area contributed by atoms with Crippen molar-refractivity contribution < 1.29 is 18.9 Å². The molecule has 9 atom stereocenters. The van der Waals surface area contributed by atoms with Gasteiger partial charge >= 0.3 is 0 Å². The Morgan fingerprint density at radius 3 is 2.23 bits per heavy atom. The molecule has 5 rings (SSSR count). The molecule has 5 nitrogen and oxygen atoms in total. The summed E-state index contributed by atoms with van der Waals surface area (Å²) in [5.41, 5.74) is 2.68. The van der Waals surface area contributed by atoms with E-state index >= 15 is 0 Å². The molecule has 0 aromatic rings. The quantitative estimate of drug-likeness (QED) is 0.0498. The molecule has 1 aliphatic heterocycles. The van der Waals surface area contributed by atoms with E-state index in [0.29, 0.717) is 50.0 Å². The largest absolute Gasteiger partial charge is 0.379 e. The lowest BCUT2D eigenvalue weighted by Gasteiger charge is -2.58. The maximum atomic E-state index is 6.52. The van der Waals surface area contributed by atoms with Gasteiger partial charge in [0.1, 0.15) is 0 Å². The molecule has 5 heteroatoms. The second-order valence-electron chi connectivity index (χ2n) is 22.2. The van der Waals surface area contributed by atoms with Crippen molar-refractivity contribution in [2.75, 3.05) is 59.3 Å². The van der Waals surface area contributed by atoms with Crippen LogP contribution in [0.25, 0.3) is 0 Å². The molecule has 0 spiro atoms. The van der Waals surface area contributed by atoms with E-state index in [1.807, 2.05) is 0 Å². The number of allylic oxidation sites excluding steroid dienone is 5. The number of rotatable bonds is 32. The van der Waals surface area contributed by atoms with E-state index in [0.717, 1.165) is 67.9 Å². The Labute approximate surface area is 384 Å². The number of nitrogens with zero attached hydrogens (tertiary/aromatic N) is 1. The summed E-state index contributed by atoms with van der Waals surface area (Å²) in [6, 6.07) is 0. The van der Waals surface area contributed by atoms with Gasteiger partial charge in [0, 0.05) is 13.2 Å². The van der Waals surface area contributed by atoms with Crippen LogP contribution in [0, 0.1) is 46.3 Å². The smallest absolute Gasteiger partial charge is 0.0936 e. The van der Waals surface area contributed by atoms with Crippen LogP contribution < -0.4 is 0 Å². The van der Waals surface area contributed by atoms with Gasteiger partial charge in [0.05, 0.1) is 45.2 Å². The highest BCUT2D eigenvalue weighted by Crippen LogP contribution is 2.67. The van der Waals surface area contributed by atoms with Crippen molar-refractivity contribution in [1.29, 1.82) is 0 Å². The number of fused-ring (bicyclic) bond motifs is 5. The molecule has 3 saturated carbocycles. The van der Waals surface area contributed by atoms with E-state index in [4.69, 9.17) is 18.9 Å². The van der Waals surface area contributed by atoms with Gasteiger partial charge < -0.3 is 23.8 Å². The predicted octanol–water partition coefficient (Wildman–Crippen LogP) is 15.1. The fourth-order valence-corrected chi connectivity index (χ4v) is 13.4. The fraction of sp³-hybridized carbons (Fsp3) is 0.895. The third-order valence-corrected chi connectivity index (χ3v) is 17.1. The molecule has 4 aliphatic carbocycles. The second-order valence-corrected chi connectivity index (χ2v) is 22.2. The summed E-state index contributed by atoms with van der Waals surface area (Å²) >= 11 is 0. The van der Waals surface area contributed by atoms with Crippen molar-refractivity contribution in [3.8, 4) is 0 Å². The average molecular weight is 864 g/mol. The van der Waals surface area contributed by atoms with Gasteiger partial charge in [0.25, 0.3) is 0 Å². The first-order chi connectivity index (χ1) is 30.2. The number of hydrogen-bond acceptors (Lipinski definition) is 5. The molecule has 0 amide bonds. The van der Waals surface area contributed by atoms with Crippen molar-refractivity contribution >= 4 is 0 Å². The first kappa shape index (κ1) is 52.0. The molecule has 358 valence electrons. The number of unbranched alkanes of at least 4 members (excludes halogenated alkanes) is 9. The van der Waals surface area contributed by atoms with Gasteiger partial charge in [0.2, 0.25) is 0 Å². The fourth-order valence-electron chi connectivity index (χ4n) is 13.4. The molecule has 0 aromatic carbocycles. The number of likely N-dealkylation sites (tertiary alicyclic amines) is 1. The molecular formula is C57H101NO4. The van der Waals surface area contributed by atoms with E-state index in [9.17, 15) is 0 Å². The van der Waals surface area contributed by atoms with Crippen LogP contribution >= 0.6 is 0 Å². The van der Waals surface area contributed by atoms with Gasteiger partial charge in [-0.2, -0.15) is 0 Å². The highest BCUT2D eigenvalue weighted by Gasteiger charge is 2.59. The molecule has 62 heavy (non-hydrogen) atoms. The van der Waals surface area contributed by atoms with Crippen molar-refractivity contribution in [1.82, 2.24) is 4.90 Å². The minimum absolute atomic E-state index is 0.119. The molecule has 5 aliphatic rings. The van der Waals surface area contributed by atoms with Gasteiger partial charge in [-0.1, -0.05) is 142 Å². The molecule has 9 unspecified atom stereocenters. The average Bonchev–Trinajstić information content (AvgIpc) is 3.63. The predicted molar refractivity (Wildman–Crippen MR) is 264 cm³/mol. The minimum atomic E-state index is 0.119. The lowest BCUT2D eigenvalue weighted by molar-refractivity contribution is -0.0737. The Bertz CT molecular complexity index is 1270. The summed E-state index contributed by atoms with van der Waals surface area (Å²) in [6.07, 6.45) is 46.9. The van der Waals surface area contributed by atoms with Crippen molar-refractivity contribution in [3.05, 3.63) is 36.0 Å². The normalized spacial score (nSPS) is 30.2. The van der Waals surface area contributed by atoms with Gasteiger partial charge in [-0.15, -0.1) is 0 Å². The Balaban J connectivity index is 0.912. The minimum Gasteiger partial charge on any atom is -0.379 e. The molecular weight excluding hydrogens is 763 g/mol. The van der Waals surface area contributed by atoms with E-state index in [1.54, 1.807) is 5.57 Å². The number of ether oxygens (including phenoxy) is 4. The van der Waals surface area contributed by atoms with Crippen molar-refractivity contribution in [2.45, 2.75) is 221 Å². The summed E-state index contributed by atoms with van der Waals surface area (Å²) in [7, 11) is 0. The van der Waals surface area contributed by atoms with Gasteiger partial charge in [-0.05, 0) is 162 Å². The zero-order valence-electron chi connectivity index (χ0n) is 41.8. The zero-order chi connectivity index (χ0) is 43.9. The highest BCUT2D eigenvalue weighted by molar-refractivity contribution is 5.25. The Kier molecular flexibility index (Phi) is 24.3. The number of piperidine rings is 1. The van der Waals surface area contributed by atoms with Crippen LogP contribution in [-0.4, -0.2) is 76.4 Å². The molecule has 0 bridgehead atoms. The lowest BCUT2D eigenvalue weighted by atomic mass is 9.47. The lowest BCUT2D eigenvalue weighted by Crippen LogP contribution is -2.51. The van der Waals surface area contributed by atoms with E-state index in [-0.39, 0.29) is 6.10 Å². The number of hydrogen-bond donors (Lipinski definition) is 0. The van der Waals surface area contributed by atoms with Gasteiger partial charge in [0.15, 0.2) is 0 Å². The zero-order valence-corrected chi connectivity index (χ0v) is 41.8. The Hall–Kier alpha value is -0.980. The third-order valence-electron chi connectivity index (χ3n) is 17.1. The van der Waals surface area contributed by atoms with Crippen LogP contribution in [-0.2, 0) is 18.9 Å². The second kappa shape index (κ2) is 28.9. The van der Waals surface area contributed by atoms with Crippen LogP contribution in [0.1, 0.15) is 208 Å². The maximum Gasteiger partial charge on any atom is 0.0936 e. The van der Waals surface area contributed by atoms with Crippen LogP contribution in [0.15, 0.2) is 36.0 Å².